The number of hydrogen-bond donors (Lipinski definition) is 2. The number of allylic oxidation sites excluding steroid dienone is 1. The Balaban J connectivity index is 2.19. The van der Waals surface area contributed by atoms with Crippen molar-refractivity contribution in [2.45, 2.75) is 44.3 Å². The Morgan fingerprint density at radius 2 is 2.19 bits per heavy atom. The molecule has 6 heteroatoms. The van der Waals surface area contributed by atoms with Gasteiger partial charge in [-0.3, -0.25) is 0 Å². The van der Waals surface area contributed by atoms with Crippen LogP contribution in [0.3, 0.4) is 0 Å². The molecule has 0 aromatic carbocycles. The molecule has 0 bridgehead atoms. The largest absolute Gasteiger partial charge is 0.478 e. The first-order chi connectivity index (χ1) is 12.8. The second-order valence-electron chi connectivity index (χ2n) is 7.36. The highest BCUT2D eigenvalue weighted by atomic mass is 16.6. The van der Waals surface area contributed by atoms with Gasteiger partial charge in [0.2, 0.25) is 0 Å². The molecule has 0 aromatic rings. The molecule has 2 N–H and O–H groups in total. The second-order valence-corrected chi connectivity index (χ2v) is 7.36. The SMILES string of the molecule is C=C[C@@H]1[C@H]2O[C@]2(C)CC/C=C\CNC(=O)OCC(=C)CC[C@H]1C(=C)C(=O)O. The highest BCUT2D eigenvalue weighted by Gasteiger charge is 2.56. The van der Waals surface area contributed by atoms with E-state index in [4.69, 9.17) is 9.47 Å². The first kappa shape index (κ1) is 21.0. The van der Waals surface area contributed by atoms with Gasteiger partial charge in [-0.1, -0.05) is 31.4 Å². The molecule has 0 aliphatic carbocycles. The number of fused-ring (bicyclic) bond motifs is 1. The van der Waals surface area contributed by atoms with E-state index in [0.717, 1.165) is 18.4 Å². The Hall–Kier alpha value is -2.34. The maximum absolute atomic E-state index is 11.7. The van der Waals surface area contributed by atoms with Crippen molar-refractivity contribution in [3.05, 3.63) is 49.1 Å². The van der Waals surface area contributed by atoms with Gasteiger partial charge in [-0.25, -0.2) is 9.59 Å². The van der Waals surface area contributed by atoms with Crippen LogP contribution >= 0.6 is 0 Å². The minimum absolute atomic E-state index is 0.0818. The normalized spacial score (nSPS) is 33.7. The molecule has 0 radical (unpaired) electrons. The maximum atomic E-state index is 11.7. The number of hydrogen-bond acceptors (Lipinski definition) is 4. The van der Waals surface area contributed by atoms with Gasteiger partial charge in [0.05, 0.1) is 11.7 Å². The van der Waals surface area contributed by atoms with E-state index in [-0.39, 0.29) is 35.7 Å². The topological polar surface area (TPSA) is 88.2 Å². The van der Waals surface area contributed by atoms with E-state index < -0.39 is 12.1 Å². The molecule has 2 aliphatic heterocycles. The lowest BCUT2D eigenvalue weighted by atomic mass is 9.77. The van der Waals surface area contributed by atoms with Gasteiger partial charge in [-0.05, 0) is 44.1 Å². The molecule has 0 saturated carbocycles. The number of carbonyl (C=O) groups excluding carboxylic acids is 1. The van der Waals surface area contributed by atoms with Crippen LogP contribution in [0.25, 0.3) is 0 Å². The van der Waals surface area contributed by atoms with Crippen molar-refractivity contribution in [3.63, 3.8) is 0 Å². The van der Waals surface area contributed by atoms with Gasteiger partial charge in [0.15, 0.2) is 0 Å². The van der Waals surface area contributed by atoms with Crippen molar-refractivity contribution >= 4 is 12.1 Å². The van der Waals surface area contributed by atoms with E-state index in [1.54, 1.807) is 6.08 Å². The van der Waals surface area contributed by atoms with Crippen molar-refractivity contribution in [3.8, 4) is 0 Å². The minimum Gasteiger partial charge on any atom is -0.478 e. The van der Waals surface area contributed by atoms with E-state index >= 15 is 0 Å². The molecule has 2 aliphatic rings. The van der Waals surface area contributed by atoms with Crippen LogP contribution in [0.5, 0.6) is 0 Å². The number of carboxylic acid groups (broad SMARTS) is 1. The summed E-state index contributed by atoms with van der Waals surface area (Å²) >= 11 is 0. The zero-order chi connectivity index (χ0) is 20.0. The summed E-state index contributed by atoms with van der Waals surface area (Å²) < 4.78 is 11.1. The average molecular weight is 375 g/mol. The fraction of sp³-hybridized carbons (Fsp3) is 0.524. The lowest BCUT2D eigenvalue weighted by Crippen LogP contribution is -2.28. The van der Waals surface area contributed by atoms with Gasteiger partial charge >= 0.3 is 12.1 Å². The van der Waals surface area contributed by atoms with Crippen molar-refractivity contribution in [1.82, 2.24) is 5.32 Å². The Morgan fingerprint density at radius 3 is 2.85 bits per heavy atom. The zero-order valence-corrected chi connectivity index (χ0v) is 15.9. The Bertz CT molecular complexity index is 653. The summed E-state index contributed by atoms with van der Waals surface area (Å²) in [5.74, 6) is -1.49. The molecule has 2 rings (SSSR count). The Kier molecular flexibility index (Phi) is 7.02. The molecular formula is C21H29NO5. The molecular weight excluding hydrogens is 346 g/mol. The lowest BCUT2D eigenvalue weighted by Gasteiger charge is -2.25. The van der Waals surface area contributed by atoms with Crippen LogP contribution in [0.1, 0.15) is 32.6 Å². The first-order valence-corrected chi connectivity index (χ1v) is 9.23. The highest BCUT2D eigenvalue weighted by molar-refractivity contribution is 5.86. The van der Waals surface area contributed by atoms with Gasteiger partial charge in [0, 0.05) is 18.0 Å². The number of carboxylic acids is 1. The van der Waals surface area contributed by atoms with Crippen LogP contribution in [0.2, 0.25) is 0 Å². The molecule has 0 aromatic heterocycles. The number of aliphatic carboxylic acids is 1. The predicted octanol–water partition coefficient (Wildman–Crippen LogP) is 3.62. The number of alkyl carbamates (subject to hydrolysis) is 1. The van der Waals surface area contributed by atoms with Crippen LogP contribution in [0, 0.1) is 11.8 Å². The number of ether oxygens (including phenoxy) is 2. The fourth-order valence-electron chi connectivity index (χ4n) is 3.56. The standard InChI is InChI=1S/C21H29NO5/c1-5-16-17(15(3)19(23)24)10-9-14(2)13-26-20(25)22-12-8-6-7-11-21(4)18(16)27-21/h5-6,8,16-18H,1-3,7,9-13H2,4H3,(H,22,25)(H,23,24)/b8-6-/t16-,17-,18+,21+/m0/s1. The van der Waals surface area contributed by atoms with E-state index in [2.05, 4.69) is 25.1 Å². The summed E-state index contributed by atoms with van der Waals surface area (Å²) in [5, 5.41) is 12.1. The zero-order valence-electron chi connectivity index (χ0n) is 15.9. The third-order valence-electron chi connectivity index (χ3n) is 5.30. The third-order valence-corrected chi connectivity index (χ3v) is 5.30. The van der Waals surface area contributed by atoms with E-state index in [1.807, 2.05) is 19.1 Å². The number of epoxide rings is 1. The molecule has 0 unspecified atom stereocenters. The Labute approximate surface area is 160 Å². The van der Waals surface area contributed by atoms with Crippen LogP contribution in [-0.2, 0) is 14.3 Å². The number of carbonyl (C=O) groups is 2. The summed E-state index contributed by atoms with van der Waals surface area (Å²) in [6.07, 6.45) is 7.73. The summed E-state index contributed by atoms with van der Waals surface area (Å²) in [4.78, 5) is 23.2. The van der Waals surface area contributed by atoms with Crippen molar-refractivity contribution in [1.29, 1.82) is 0 Å². The summed E-state index contributed by atoms with van der Waals surface area (Å²) in [7, 11) is 0. The number of rotatable bonds is 3. The van der Waals surface area contributed by atoms with Crippen molar-refractivity contribution in [2.24, 2.45) is 11.8 Å². The van der Waals surface area contributed by atoms with Gasteiger partial charge < -0.3 is 19.9 Å². The van der Waals surface area contributed by atoms with E-state index in [0.29, 0.717) is 19.4 Å². The molecule has 27 heavy (non-hydrogen) atoms. The molecule has 1 amide bonds. The molecule has 6 nitrogen and oxygen atoms in total. The van der Waals surface area contributed by atoms with Gasteiger partial charge in [0.25, 0.3) is 0 Å². The molecule has 148 valence electrons. The fourth-order valence-corrected chi connectivity index (χ4v) is 3.56. The number of amides is 1. The van der Waals surface area contributed by atoms with Gasteiger partial charge in [-0.2, -0.15) is 0 Å². The lowest BCUT2D eigenvalue weighted by molar-refractivity contribution is -0.133. The molecule has 4 atom stereocenters. The van der Waals surface area contributed by atoms with Gasteiger partial charge in [0.1, 0.15) is 6.61 Å². The van der Waals surface area contributed by atoms with Crippen molar-refractivity contribution in [2.75, 3.05) is 13.2 Å². The summed E-state index contributed by atoms with van der Waals surface area (Å²) in [6, 6.07) is 0. The number of cyclic esters (lactones) is 1. The molecule has 0 spiro atoms. The quantitative estimate of drug-likeness (QED) is 0.447. The van der Waals surface area contributed by atoms with Crippen molar-refractivity contribution < 1.29 is 24.2 Å². The first-order valence-electron chi connectivity index (χ1n) is 9.23. The summed E-state index contributed by atoms with van der Waals surface area (Å²) in [5.41, 5.74) is 0.559. The maximum Gasteiger partial charge on any atom is 0.407 e. The third kappa shape index (κ3) is 5.57. The van der Waals surface area contributed by atoms with Crippen LogP contribution in [0.4, 0.5) is 4.79 Å². The van der Waals surface area contributed by atoms with E-state index in [9.17, 15) is 14.7 Å². The monoisotopic (exact) mass is 375 g/mol. The van der Waals surface area contributed by atoms with Crippen LogP contribution < -0.4 is 5.32 Å². The summed E-state index contributed by atoms with van der Waals surface area (Å²) in [6.45, 7) is 14.2. The average Bonchev–Trinajstić information content (AvgIpc) is 3.29. The van der Waals surface area contributed by atoms with E-state index in [1.165, 1.54) is 0 Å². The Morgan fingerprint density at radius 1 is 1.44 bits per heavy atom. The smallest absolute Gasteiger partial charge is 0.407 e. The van der Waals surface area contributed by atoms with Crippen LogP contribution in [0.15, 0.2) is 49.1 Å². The minimum atomic E-state index is -1.02. The highest BCUT2D eigenvalue weighted by Crippen LogP contribution is 2.49. The van der Waals surface area contributed by atoms with Crippen LogP contribution in [-0.4, -0.2) is 42.0 Å². The molecule has 1 saturated heterocycles. The van der Waals surface area contributed by atoms with Gasteiger partial charge in [-0.15, -0.1) is 6.58 Å². The molecule has 2 heterocycles. The number of nitrogens with one attached hydrogen (secondary N) is 1. The predicted molar refractivity (Wildman–Crippen MR) is 103 cm³/mol. The molecule has 1 fully saturated rings. The second kappa shape index (κ2) is 9.04.